The molecule has 104 valence electrons. The summed E-state index contributed by atoms with van der Waals surface area (Å²) >= 11 is 0. The molecule has 2 atom stereocenters. The third-order valence-electron chi connectivity index (χ3n) is 4.04. The van der Waals surface area contributed by atoms with Crippen LogP contribution in [0, 0.1) is 17.3 Å². The first kappa shape index (κ1) is 13.6. The highest BCUT2D eigenvalue weighted by molar-refractivity contribution is 5.91. The van der Waals surface area contributed by atoms with Crippen molar-refractivity contribution in [2.45, 2.75) is 20.4 Å². The summed E-state index contributed by atoms with van der Waals surface area (Å²) in [6, 6.07) is 0. The van der Waals surface area contributed by atoms with E-state index in [1.165, 1.54) is 0 Å². The Morgan fingerprint density at radius 2 is 2.11 bits per heavy atom. The number of aromatic nitrogens is 2. The smallest absolute Gasteiger partial charge is 0.307 e. The van der Waals surface area contributed by atoms with Crippen molar-refractivity contribution in [2.24, 2.45) is 24.3 Å². The zero-order chi connectivity index (χ0) is 14.4. The zero-order valence-corrected chi connectivity index (χ0v) is 11.6. The number of carbonyl (C=O) groups is 2. The molecule has 1 aliphatic carbocycles. The molecule has 6 heteroatoms. The van der Waals surface area contributed by atoms with Crippen molar-refractivity contribution >= 4 is 11.9 Å². The third-order valence-corrected chi connectivity index (χ3v) is 4.04. The number of hydrogen-bond donors (Lipinski definition) is 1. The van der Waals surface area contributed by atoms with Gasteiger partial charge in [-0.25, -0.2) is 4.98 Å². The average Bonchev–Trinajstić information content (AvgIpc) is 2.66. The Morgan fingerprint density at radius 1 is 1.47 bits per heavy atom. The van der Waals surface area contributed by atoms with Crippen LogP contribution in [0.5, 0.6) is 0 Å². The maximum atomic E-state index is 12.3. The van der Waals surface area contributed by atoms with Crippen LogP contribution in [0.4, 0.5) is 0 Å². The van der Waals surface area contributed by atoms with E-state index in [0.717, 1.165) is 5.82 Å². The molecule has 1 aromatic heterocycles. The van der Waals surface area contributed by atoms with Gasteiger partial charge < -0.3 is 14.6 Å². The Morgan fingerprint density at radius 3 is 2.53 bits per heavy atom. The van der Waals surface area contributed by atoms with Gasteiger partial charge in [-0.3, -0.25) is 9.59 Å². The molecule has 0 unspecified atom stereocenters. The van der Waals surface area contributed by atoms with E-state index in [9.17, 15) is 9.59 Å². The molecule has 1 aliphatic rings. The van der Waals surface area contributed by atoms with E-state index in [1.54, 1.807) is 18.1 Å². The van der Waals surface area contributed by atoms with Gasteiger partial charge in [-0.15, -0.1) is 0 Å². The molecule has 0 aliphatic heterocycles. The minimum absolute atomic E-state index is 0.125. The predicted octanol–water partition coefficient (Wildman–Crippen LogP) is 0.735. The molecular weight excluding hydrogens is 246 g/mol. The van der Waals surface area contributed by atoms with Crippen LogP contribution in [0.25, 0.3) is 0 Å². The van der Waals surface area contributed by atoms with Crippen molar-refractivity contribution in [3.63, 3.8) is 0 Å². The quantitative estimate of drug-likeness (QED) is 0.871. The molecule has 19 heavy (non-hydrogen) atoms. The molecule has 1 aromatic rings. The van der Waals surface area contributed by atoms with Crippen molar-refractivity contribution in [2.75, 3.05) is 7.05 Å². The molecule has 0 aromatic carbocycles. The average molecular weight is 265 g/mol. The lowest BCUT2D eigenvalue weighted by atomic mass is 10.1. The van der Waals surface area contributed by atoms with Gasteiger partial charge in [0.1, 0.15) is 5.82 Å². The second kappa shape index (κ2) is 4.36. The topological polar surface area (TPSA) is 75.4 Å². The Kier molecular flexibility index (Phi) is 3.12. The minimum Gasteiger partial charge on any atom is -0.481 e. The van der Waals surface area contributed by atoms with Gasteiger partial charge in [0.2, 0.25) is 5.91 Å². The van der Waals surface area contributed by atoms with Crippen LogP contribution in [0.15, 0.2) is 12.4 Å². The fourth-order valence-electron chi connectivity index (χ4n) is 2.64. The SMILES string of the molecule is CN(Cc1nccn1C)C(=O)[C@@H]1[C@H](C(=O)O)C1(C)C. The Balaban J connectivity index is 2.05. The summed E-state index contributed by atoms with van der Waals surface area (Å²) in [6.45, 7) is 4.03. The highest BCUT2D eigenvalue weighted by Gasteiger charge is 2.66. The molecule has 0 radical (unpaired) electrons. The van der Waals surface area contributed by atoms with Crippen LogP contribution < -0.4 is 0 Å². The summed E-state index contributed by atoms with van der Waals surface area (Å²) in [5.74, 6) is -1.26. The maximum absolute atomic E-state index is 12.3. The largest absolute Gasteiger partial charge is 0.481 e. The van der Waals surface area contributed by atoms with Gasteiger partial charge in [0, 0.05) is 26.5 Å². The Labute approximate surface area is 112 Å². The molecular formula is C13H19N3O3. The van der Waals surface area contributed by atoms with Gasteiger partial charge in [-0.05, 0) is 5.41 Å². The highest BCUT2D eigenvalue weighted by Crippen LogP contribution is 2.58. The van der Waals surface area contributed by atoms with Crippen LogP contribution in [-0.2, 0) is 23.2 Å². The van der Waals surface area contributed by atoms with E-state index >= 15 is 0 Å². The van der Waals surface area contributed by atoms with Gasteiger partial charge in [0.15, 0.2) is 0 Å². The van der Waals surface area contributed by atoms with E-state index in [-0.39, 0.29) is 5.91 Å². The monoisotopic (exact) mass is 265 g/mol. The number of rotatable bonds is 4. The van der Waals surface area contributed by atoms with Gasteiger partial charge in [0.25, 0.3) is 0 Å². The molecule has 1 amide bonds. The van der Waals surface area contributed by atoms with E-state index in [2.05, 4.69) is 4.98 Å². The molecule has 6 nitrogen and oxygen atoms in total. The standard InChI is InChI=1S/C13H19N3O3/c1-13(2)9(10(13)12(18)19)11(17)16(4)7-8-14-5-6-15(8)3/h5-6,9-10H,7H2,1-4H3,(H,18,19)/t9-,10+/m0/s1. The Hall–Kier alpha value is -1.85. The zero-order valence-electron chi connectivity index (χ0n) is 11.6. The summed E-state index contributed by atoms with van der Waals surface area (Å²) in [5.41, 5.74) is -0.460. The first-order valence-electron chi connectivity index (χ1n) is 6.20. The van der Waals surface area contributed by atoms with E-state index in [4.69, 9.17) is 5.11 Å². The van der Waals surface area contributed by atoms with Crippen molar-refractivity contribution in [1.29, 1.82) is 0 Å². The number of amides is 1. The fraction of sp³-hybridized carbons (Fsp3) is 0.615. The van der Waals surface area contributed by atoms with Gasteiger partial charge in [0.05, 0.1) is 18.4 Å². The first-order valence-corrected chi connectivity index (χ1v) is 6.20. The lowest BCUT2D eigenvalue weighted by Gasteiger charge is -2.17. The number of hydrogen-bond acceptors (Lipinski definition) is 3. The third kappa shape index (κ3) is 2.22. The minimum atomic E-state index is -0.895. The van der Waals surface area contributed by atoms with Gasteiger partial charge in [-0.1, -0.05) is 13.8 Å². The molecule has 1 heterocycles. The highest BCUT2D eigenvalue weighted by atomic mass is 16.4. The van der Waals surface area contributed by atoms with Crippen molar-refractivity contribution < 1.29 is 14.7 Å². The predicted molar refractivity (Wildman–Crippen MR) is 68.1 cm³/mol. The number of aryl methyl sites for hydroxylation is 1. The van der Waals surface area contributed by atoms with Gasteiger partial charge >= 0.3 is 5.97 Å². The first-order chi connectivity index (χ1) is 8.76. The summed E-state index contributed by atoms with van der Waals surface area (Å²) in [7, 11) is 3.55. The molecule has 1 fully saturated rings. The molecule has 0 saturated heterocycles. The summed E-state index contributed by atoms with van der Waals surface area (Å²) in [6.07, 6.45) is 3.49. The molecule has 2 rings (SSSR count). The number of imidazole rings is 1. The lowest BCUT2D eigenvalue weighted by molar-refractivity contribution is -0.141. The van der Waals surface area contributed by atoms with Crippen LogP contribution >= 0.6 is 0 Å². The van der Waals surface area contributed by atoms with Crippen LogP contribution in [0.2, 0.25) is 0 Å². The summed E-state index contributed by atoms with van der Waals surface area (Å²) < 4.78 is 1.84. The normalized spacial score (nSPS) is 24.0. The number of aliphatic carboxylic acids is 1. The van der Waals surface area contributed by atoms with Gasteiger partial charge in [-0.2, -0.15) is 0 Å². The van der Waals surface area contributed by atoms with Crippen molar-refractivity contribution in [3.8, 4) is 0 Å². The van der Waals surface area contributed by atoms with Crippen LogP contribution in [0.1, 0.15) is 19.7 Å². The van der Waals surface area contributed by atoms with Crippen LogP contribution in [0.3, 0.4) is 0 Å². The molecule has 0 spiro atoms. The maximum Gasteiger partial charge on any atom is 0.307 e. The van der Waals surface area contributed by atoms with Crippen LogP contribution in [-0.4, -0.2) is 38.5 Å². The lowest BCUT2D eigenvalue weighted by Crippen LogP contribution is -2.30. The molecule has 0 bridgehead atoms. The second-order valence-electron chi connectivity index (χ2n) is 5.76. The number of carboxylic acids is 1. The van der Waals surface area contributed by atoms with E-state index < -0.39 is 23.2 Å². The van der Waals surface area contributed by atoms with E-state index in [1.807, 2.05) is 31.7 Å². The van der Waals surface area contributed by atoms with E-state index in [0.29, 0.717) is 6.54 Å². The van der Waals surface area contributed by atoms with Crippen molar-refractivity contribution in [1.82, 2.24) is 14.5 Å². The van der Waals surface area contributed by atoms with Crippen molar-refractivity contribution in [3.05, 3.63) is 18.2 Å². The molecule has 1 saturated carbocycles. The molecule has 1 N–H and O–H groups in total. The summed E-state index contributed by atoms with van der Waals surface area (Å²) in [4.78, 5) is 29.1. The summed E-state index contributed by atoms with van der Waals surface area (Å²) in [5, 5.41) is 9.10. The number of carbonyl (C=O) groups excluding carboxylic acids is 1. The number of carboxylic acid groups (broad SMARTS) is 1. The fourth-order valence-corrected chi connectivity index (χ4v) is 2.64. The second-order valence-corrected chi connectivity index (χ2v) is 5.76. The Bertz CT molecular complexity index is 521. The number of nitrogens with zero attached hydrogens (tertiary/aromatic N) is 3.